The SMILES string of the molecule is CCCN(CCC)C(=O)Nc1ccc(Cl)cc1C(=O)O. The van der Waals surface area contributed by atoms with Gasteiger partial charge in [-0.15, -0.1) is 0 Å². The van der Waals surface area contributed by atoms with Gasteiger partial charge in [-0.1, -0.05) is 25.4 Å². The van der Waals surface area contributed by atoms with Crippen molar-refractivity contribution in [3.63, 3.8) is 0 Å². The van der Waals surface area contributed by atoms with Crippen LogP contribution in [0.4, 0.5) is 10.5 Å². The first-order valence-electron chi connectivity index (χ1n) is 6.58. The van der Waals surface area contributed by atoms with E-state index < -0.39 is 5.97 Å². The molecule has 0 aliphatic carbocycles. The zero-order valence-electron chi connectivity index (χ0n) is 11.6. The fourth-order valence-corrected chi connectivity index (χ4v) is 2.02. The average molecular weight is 299 g/mol. The van der Waals surface area contributed by atoms with Crippen molar-refractivity contribution in [2.45, 2.75) is 26.7 Å². The summed E-state index contributed by atoms with van der Waals surface area (Å²) in [6.07, 6.45) is 1.69. The molecule has 2 amide bonds. The van der Waals surface area contributed by atoms with E-state index in [0.29, 0.717) is 18.1 Å². The Morgan fingerprint density at radius 3 is 2.35 bits per heavy atom. The Kier molecular flexibility index (Phi) is 6.31. The van der Waals surface area contributed by atoms with Crippen LogP contribution in [-0.4, -0.2) is 35.1 Å². The number of benzene rings is 1. The Labute approximate surface area is 123 Å². The maximum atomic E-state index is 12.1. The van der Waals surface area contributed by atoms with Crippen molar-refractivity contribution in [2.75, 3.05) is 18.4 Å². The quantitative estimate of drug-likeness (QED) is 0.841. The van der Waals surface area contributed by atoms with E-state index in [4.69, 9.17) is 16.7 Å². The summed E-state index contributed by atoms with van der Waals surface area (Å²) < 4.78 is 0. The van der Waals surface area contributed by atoms with Gasteiger partial charge < -0.3 is 15.3 Å². The van der Waals surface area contributed by atoms with Gasteiger partial charge in [0.15, 0.2) is 0 Å². The van der Waals surface area contributed by atoms with Gasteiger partial charge in [0.25, 0.3) is 0 Å². The number of anilines is 1. The minimum absolute atomic E-state index is 0.0150. The summed E-state index contributed by atoms with van der Waals surface area (Å²) in [6.45, 7) is 5.24. The Bertz CT molecular complexity index is 485. The second-order valence-corrected chi connectivity index (χ2v) is 4.85. The second kappa shape index (κ2) is 7.75. The van der Waals surface area contributed by atoms with E-state index in [1.807, 2.05) is 13.8 Å². The molecule has 0 radical (unpaired) electrons. The third-order valence-corrected chi connectivity index (χ3v) is 2.96. The van der Waals surface area contributed by atoms with E-state index in [2.05, 4.69) is 5.32 Å². The number of urea groups is 1. The first-order chi connectivity index (χ1) is 9.49. The molecule has 1 aromatic rings. The molecule has 2 N–H and O–H groups in total. The highest BCUT2D eigenvalue weighted by molar-refractivity contribution is 6.31. The Morgan fingerprint density at radius 1 is 1.25 bits per heavy atom. The van der Waals surface area contributed by atoms with Crippen molar-refractivity contribution < 1.29 is 14.7 Å². The number of carbonyl (C=O) groups excluding carboxylic acids is 1. The van der Waals surface area contributed by atoms with Gasteiger partial charge in [0.05, 0.1) is 11.3 Å². The molecule has 0 spiro atoms. The van der Waals surface area contributed by atoms with Crippen molar-refractivity contribution >= 4 is 29.3 Å². The topological polar surface area (TPSA) is 69.6 Å². The van der Waals surface area contributed by atoms with Crippen molar-refractivity contribution in [1.29, 1.82) is 0 Å². The molecule has 1 rings (SSSR count). The molecule has 20 heavy (non-hydrogen) atoms. The molecule has 1 aromatic carbocycles. The molecule has 0 atom stereocenters. The van der Waals surface area contributed by atoms with Crippen LogP contribution in [0, 0.1) is 0 Å². The predicted molar refractivity (Wildman–Crippen MR) is 79.6 cm³/mol. The molecule has 0 heterocycles. The molecule has 6 heteroatoms. The lowest BCUT2D eigenvalue weighted by atomic mass is 10.2. The number of hydrogen-bond donors (Lipinski definition) is 2. The zero-order chi connectivity index (χ0) is 15.1. The molecule has 0 unspecified atom stereocenters. The van der Waals surface area contributed by atoms with Crippen LogP contribution in [0.1, 0.15) is 37.0 Å². The van der Waals surface area contributed by atoms with Crippen molar-refractivity contribution in [2.24, 2.45) is 0 Å². The van der Waals surface area contributed by atoms with Crippen molar-refractivity contribution in [3.8, 4) is 0 Å². The molecular weight excluding hydrogens is 280 g/mol. The molecule has 0 saturated heterocycles. The van der Waals surface area contributed by atoms with Gasteiger partial charge in [-0.05, 0) is 31.0 Å². The molecule has 0 aromatic heterocycles. The average Bonchev–Trinajstić information content (AvgIpc) is 2.40. The summed E-state index contributed by atoms with van der Waals surface area (Å²) in [5.41, 5.74) is 0.239. The molecule has 0 aliphatic heterocycles. The summed E-state index contributed by atoms with van der Waals surface area (Å²) in [4.78, 5) is 25.0. The van der Waals surface area contributed by atoms with E-state index in [9.17, 15) is 9.59 Å². The largest absolute Gasteiger partial charge is 0.478 e. The third kappa shape index (κ3) is 4.42. The fraction of sp³-hybridized carbons (Fsp3) is 0.429. The molecule has 0 bridgehead atoms. The number of carboxylic acid groups (broad SMARTS) is 1. The summed E-state index contributed by atoms with van der Waals surface area (Å²) in [6, 6.07) is 4.08. The van der Waals surface area contributed by atoms with Gasteiger partial charge in [0.2, 0.25) is 0 Å². The molecule has 0 aliphatic rings. The van der Waals surface area contributed by atoms with E-state index in [0.717, 1.165) is 12.8 Å². The Morgan fingerprint density at radius 2 is 1.85 bits per heavy atom. The number of rotatable bonds is 6. The number of carboxylic acids is 1. The van der Waals surface area contributed by atoms with Gasteiger partial charge in [-0.2, -0.15) is 0 Å². The summed E-state index contributed by atoms with van der Waals surface area (Å²) in [7, 11) is 0. The monoisotopic (exact) mass is 298 g/mol. The minimum Gasteiger partial charge on any atom is -0.478 e. The highest BCUT2D eigenvalue weighted by atomic mass is 35.5. The number of nitrogens with one attached hydrogen (secondary N) is 1. The third-order valence-electron chi connectivity index (χ3n) is 2.73. The molecule has 5 nitrogen and oxygen atoms in total. The Hall–Kier alpha value is -1.75. The van der Waals surface area contributed by atoms with Crippen molar-refractivity contribution in [3.05, 3.63) is 28.8 Å². The number of carbonyl (C=O) groups is 2. The lowest BCUT2D eigenvalue weighted by molar-refractivity contribution is 0.0698. The van der Waals surface area contributed by atoms with Gasteiger partial charge in [0, 0.05) is 18.1 Å². The predicted octanol–water partition coefficient (Wildman–Crippen LogP) is 3.69. The van der Waals surface area contributed by atoms with Gasteiger partial charge in [0.1, 0.15) is 0 Å². The first-order valence-corrected chi connectivity index (χ1v) is 6.96. The van der Waals surface area contributed by atoms with Crippen LogP contribution in [0.2, 0.25) is 5.02 Å². The van der Waals surface area contributed by atoms with Crippen LogP contribution in [0.5, 0.6) is 0 Å². The standard InChI is InChI=1S/C14H19ClN2O3/c1-3-7-17(8-4-2)14(20)16-12-6-5-10(15)9-11(12)13(18)19/h5-6,9H,3-4,7-8H2,1-2H3,(H,16,20)(H,18,19). The van der Waals surface area contributed by atoms with Crippen LogP contribution < -0.4 is 5.32 Å². The van der Waals surface area contributed by atoms with Crippen LogP contribution >= 0.6 is 11.6 Å². The van der Waals surface area contributed by atoms with Crippen LogP contribution in [0.3, 0.4) is 0 Å². The van der Waals surface area contributed by atoms with E-state index in [1.54, 1.807) is 11.0 Å². The summed E-state index contributed by atoms with van der Waals surface area (Å²) >= 11 is 5.77. The molecular formula is C14H19ClN2O3. The van der Waals surface area contributed by atoms with Crippen LogP contribution in [-0.2, 0) is 0 Å². The summed E-state index contributed by atoms with van der Waals surface area (Å²) in [5.74, 6) is -1.12. The maximum Gasteiger partial charge on any atom is 0.337 e. The molecule has 0 saturated carbocycles. The van der Waals surface area contributed by atoms with Crippen LogP contribution in [0.25, 0.3) is 0 Å². The first kappa shape index (κ1) is 16.3. The number of halogens is 1. The maximum absolute atomic E-state index is 12.1. The Balaban J connectivity index is 2.91. The fourth-order valence-electron chi connectivity index (χ4n) is 1.85. The van der Waals surface area contributed by atoms with Crippen LogP contribution in [0.15, 0.2) is 18.2 Å². The summed E-state index contributed by atoms with van der Waals surface area (Å²) in [5, 5.41) is 12.1. The zero-order valence-corrected chi connectivity index (χ0v) is 12.4. The van der Waals surface area contributed by atoms with E-state index >= 15 is 0 Å². The number of nitrogens with zero attached hydrogens (tertiary/aromatic N) is 1. The van der Waals surface area contributed by atoms with Gasteiger partial charge >= 0.3 is 12.0 Å². The smallest absolute Gasteiger partial charge is 0.337 e. The normalized spacial score (nSPS) is 10.2. The van der Waals surface area contributed by atoms with Crippen molar-refractivity contribution in [1.82, 2.24) is 4.90 Å². The number of amides is 2. The lowest BCUT2D eigenvalue weighted by Crippen LogP contribution is -2.36. The van der Waals surface area contributed by atoms with E-state index in [-0.39, 0.29) is 17.3 Å². The minimum atomic E-state index is -1.12. The van der Waals surface area contributed by atoms with Gasteiger partial charge in [-0.25, -0.2) is 9.59 Å². The molecule has 110 valence electrons. The van der Waals surface area contributed by atoms with E-state index in [1.165, 1.54) is 12.1 Å². The second-order valence-electron chi connectivity index (χ2n) is 4.41. The highest BCUT2D eigenvalue weighted by Crippen LogP contribution is 2.21. The number of hydrogen-bond acceptors (Lipinski definition) is 2. The highest BCUT2D eigenvalue weighted by Gasteiger charge is 2.16. The molecule has 0 fully saturated rings. The number of aromatic carboxylic acids is 1. The van der Waals surface area contributed by atoms with Gasteiger partial charge in [-0.3, -0.25) is 0 Å². The lowest BCUT2D eigenvalue weighted by Gasteiger charge is -2.22.